The number of aryl methyl sites for hydroxylation is 1. The Bertz CT molecular complexity index is 770. The molecule has 0 radical (unpaired) electrons. The summed E-state index contributed by atoms with van der Waals surface area (Å²) in [4.78, 5) is 11.9. The number of anilines is 1. The van der Waals surface area contributed by atoms with Gasteiger partial charge in [0.15, 0.2) is 9.84 Å². The van der Waals surface area contributed by atoms with Gasteiger partial charge in [-0.2, -0.15) is 0 Å². The van der Waals surface area contributed by atoms with E-state index in [1.165, 1.54) is 0 Å². The van der Waals surface area contributed by atoms with Gasteiger partial charge < -0.3 is 5.32 Å². The quantitative estimate of drug-likeness (QED) is 0.911. The van der Waals surface area contributed by atoms with Crippen LogP contribution in [0.4, 0.5) is 5.69 Å². The maximum atomic E-state index is 12.1. The zero-order chi connectivity index (χ0) is 16.2. The van der Waals surface area contributed by atoms with Crippen molar-refractivity contribution >= 4 is 33.0 Å². The minimum Gasteiger partial charge on any atom is -0.325 e. The summed E-state index contributed by atoms with van der Waals surface area (Å²) in [7, 11) is -3.53. The van der Waals surface area contributed by atoms with Crippen molar-refractivity contribution in [2.24, 2.45) is 0 Å². The molecule has 0 saturated carbocycles. The van der Waals surface area contributed by atoms with Crippen LogP contribution in [0.3, 0.4) is 0 Å². The maximum Gasteiger partial charge on any atom is 0.239 e. The second-order valence-corrected chi connectivity index (χ2v) is 7.52. The van der Waals surface area contributed by atoms with E-state index in [4.69, 9.17) is 11.6 Å². The molecule has 0 fully saturated rings. The molecule has 4 nitrogen and oxygen atoms in total. The zero-order valence-corrected chi connectivity index (χ0v) is 13.6. The number of carbonyl (C=O) groups is 1. The molecule has 1 amide bonds. The van der Waals surface area contributed by atoms with Gasteiger partial charge in [-0.05, 0) is 36.2 Å². The van der Waals surface area contributed by atoms with E-state index in [-0.39, 0.29) is 5.75 Å². The van der Waals surface area contributed by atoms with Gasteiger partial charge in [0.1, 0.15) is 5.75 Å². The summed E-state index contributed by atoms with van der Waals surface area (Å²) < 4.78 is 24.2. The van der Waals surface area contributed by atoms with Gasteiger partial charge in [-0.25, -0.2) is 8.42 Å². The molecule has 116 valence electrons. The van der Waals surface area contributed by atoms with E-state index >= 15 is 0 Å². The second kappa shape index (κ2) is 6.94. The SMILES string of the molecule is Cc1ccccc1NC(=O)CS(=O)(=O)Cc1ccc(Cl)cc1. The minimum absolute atomic E-state index is 0.189. The molecule has 1 N–H and O–H groups in total. The van der Waals surface area contributed by atoms with Crippen LogP contribution in [0.2, 0.25) is 5.02 Å². The number of rotatable bonds is 5. The van der Waals surface area contributed by atoms with Gasteiger partial charge in [0.2, 0.25) is 5.91 Å². The van der Waals surface area contributed by atoms with Gasteiger partial charge in [0, 0.05) is 10.7 Å². The number of sulfone groups is 1. The van der Waals surface area contributed by atoms with Gasteiger partial charge in [-0.3, -0.25) is 4.79 Å². The van der Waals surface area contributed by atoms with Crippen molar-refractivity contribution in [3.05, 3.63) is 64.7 Å². The highest BCUT2D eigenvalue weighted by Gasteiger charge is 2.18. The highest BCUT2D eigenvalue weighted by atomic mass is 35.5. The fourth-order valence-corrected chi connectivity index (χ4v) is 3.38. The van der Waals surface area contributed by atoms with Crippen LogP contribution in [-0.4, -0.2) is 20.1 Å². The van der Waals surface area contributed by atoms with E-state index < -0.39 is 21.5 Å². The molecule has 0 saturated heterocycles. The van der Waals surface area contributed by atoms with Crippen LogP contribution in [0.15, 0.2) is 48.5 Å². The summed E-state index contributed by atoms with van der Waals surface area (Å²) in [6.45, 7) is 1.85. The van der Waals surface area contributed by atoms with Crippen molar-refractivity contribution in [2.75, 3.05) is 11.1 Å². The van der Waals surface area contributed by atoms with E-state index in [9.17, 15) is 13.2 Å². The maximum absolute atomic E-state index is 12.1. The molecule has 0 aliphatic heterocycles. The Kier molecular flexibility index (Phi) is 5.21. The van der Waals surface area contributed by atoms with Gasteiger partial charge in [-0.1, -0.05) is 41.9 Å². The van der Waals surface area contributed by atoms with E-state index in [1.54, 1.807) is 36.4 Å². The summed E-state index contributed by atoms with van der Waals surface area (Å²) in [6, 6.07) is 13.7. The lowest BCUT2D eigenvalue weighted by molar-refractivity contribution is -0.113. The Morgan fingerprint density at radius 1 is 1.09 bits per heavy atom. The molecule has 0 atom stereocenters. The average Bonchev–Trinajstić information content (AvgIpc) is 2.43. The molecule has 2 aromatic rings. The zero-order valence-electron chi connectivity index (χ0n) is 12.0. The standard InChI is InChI=1S/C16H16ClNO3S/c1-12-4-2-3-5-15(12)18-16(19)11-22(20,21)10-13-6-8-14(17)9-7-13/h2-9H,10-11H2,1H3,(H,18,19). The lowest BCUT2D eigenvalue weighted by Gasteiger charge is -2.09. The molecule has 22 heavy (non-hydrogen) atoms. The molecule has 0 unspecified atom stereocenters. The highest BCUT2D eigenvalue weighted by molar-refractivity contribution is 7.91. The number of carbonyl (C=O) groups excluding carboxylic acids is 1. The first-order valence-corrected chi connectivity index (χ1v) is 8.86. The van der Waals surface area contributed by atoms with Gasteiger partial charge in [0.25, 0.3) is 0 Å². The van der Waals surface area contributed by atoms with Gasteiger partial charge >= 0.3 is 0 Å². The number of para-hydroxylation sites is 1. The molecule has 0 aliphatic rings. The largest absolute Gasteiger partial charge is 0.325 e. The lowest BCUT2D eigenvalue weighted by atomic mass is 10.2. The molecule has 0 aromatic heterocycles. The molecule has 2 rings (SSSR count). The third-order valence-corrected chi connectivity index (χ3v) is 4.80. The van der Waals surface area contributed by atoms with Crippen LogP contribution in [0.1, 0.15) is 11.1 Å². The molecular formula is C16H16ClNO3S. The van der Waals surface area contributed by atoms with Crippen molar-refractivity contribution in [2.45, 2.75) is 12.7 Å². The third kappa shape index (κ3) is 4.86. The summed E-state index contributed by atoms with van der Waals surface area (Å²) in [5, 5.41) is 3.16. The normalized spacial score (nSPS) is 11.2. The number of halogens is 1. The first-order chi connectivity index (χ1) is 10.4. The fraction of sp³-hybridized carbons (Fsp3) is 0.188. The molecular weight excluding hydrogens is 322 g/mol. The summed E-state index contributed by atoms with van der Waals surface area (Å²) in [6.07, 6.45) is 0. The number of hydrogen-bond donors (Lipinski definition) is 1. The van der Waals surface area contributed by atoms with E-state index in [0.717, 1.165) is 5.56 Å². The average molecular weight is 338 g/mol. The van der Waals surface area contributed by atoms with E-state index in [2.05, 4.69) is 5.32 Å². The minimum atomic E-state index is -3.53. The number of amides is 1. The van der Waals surface area contributed by atoms with Crippen molar-refractivity contribution in [1.29, 1.82) is 0 Å². The molecule has 0 bridgehead atoms. The molecule has 0 heterocycles. The molecule has 2 aromatic carbocycles. The Labute approximate surface area is 135 Å². The molecule has 0 aliphatic carbocycles. The topological polar surface area (TPSA) is 63.2 Å². The lowest BCUT2D eigenvalue weighted by Crippen LogP contribution is -2.24. The van der Waals surface area contributed by atoms with Crippen molar-refractivity contribution < 1.29 is 13.2 Å². The van der Waals surface area contributed by atoms with Crippen LogP contribution < -0.4 is 5.32 Å². The van der Waals surface area contributed by atoms with Gasteiger partial charge in [-0.15, -0.1) is 0 Å². The van der Waals surface area contributed by atoms with Crippen LogP contribution in [-0.2, 0) is 20.4 Å². The highest BCUT2D eigenvalue weighted by Crippen LogP contribution is 2.15. The van der Waals surface area contributed by atoms with Crippen molar-refractivity contribution in [3.8, 4) is 0 Å². The van der Waals surface area contributed by atoms with Crippen LogP contribution >= 0.6 is 11.6 Å². The van der Waals surface area contributed by atoms with Crippen LogP contribution in [0.25, 0.3) is 0 Å². The Morgan fingerprint density at radius 3 is 2.36 bits per heavy atom. The Balaban J connectivity index is 2.01. The first kappa shape index (κ1) is 16.5. The van der Waals surface area contributed by atoms with Crippen LogP contribution in [0, 0.1) is 6.92 Å². The third-order valence-electron chi connectivity index (χ3n) is 3.07. The first-order valence-electron chi connectivity index (χ1n) is 6.66. The predicted molar refractivity (Wildman–Crippen MR) is 88.8 cm³/mol. The monoisotopic (exact) mass is 337 g/mol. The second-order valence-electron chi connectivity index (χ2n) is 5.02. The molecule has 0 spiro atoms. The summed E-state index contributed by atoms with van der Waals surface area (Å²) >= 11 is 5.76. The summed E-state index contributed by atoms with van der Waals surface area (Å²) in [5.74, 6) is -1.28. The van der Waals surface area contributed by atoms with E-state index in [1.807, 2.05) is 19.1 Å². The predicted octanol–water partition coefficient (Wildman–Crippen LogP) is 3.20. The Hall–Kier alpha value is -1.85. The number of benzene rings is 2. The Morgan fingerprint density at radius 2 is 1.73 bits per heavy atom. The van der Waals surface area contributed by atoms with Crippen molar-refractivity contribution in [3.63, 3.8) is 0 Å². The van der Waals surface area contributed by atoms with Crippen molar-refractivity contribution in [1.82, 2.24) is 0 Å². The fourth-order valence-electron chi connectivity index (χ4n) is 1.98. The summed E-state index contributed by atoms with van der Waals surface area (Å²) in [5.41, 5.74) is 2.10. The van der Waals surface area contributed by atoms with E-state index in [0.29, 0.717) is 16.3 Å². The van der Waals surface area contributed by atoms with Gasteiger partial charge in [0.05, 0.1) is 5.75 Å². The molecule has 6 heteroatoms. The number of nitrogens with one attached hydrogen (secondary N) is 1. The van der Waals surface area contributed by atoms with Crippen LogP contribution in [0.5, 0.6) is 0 Å². The smallest absolute Gasteiger partial charge is 0.239 e. The number of hydrogen-bond acceptors (Lipinski definition) is 3.